The van der Waals surface area contributed by atoms with Gasteiger partial charge in [-0.15, -0.1) is 0 Å². The van der Waals surface area contributed by atoms with E-state index in [4.69, 9.17) is 0 Å². The highest BCUT2D eigenvalue weighted by Gasteiger charge is 2.34. The Labute approximate surface area is 167 Å². The quantitative estimate of drug-likeness (QED) is 0.811. The molecule has 0 radical (unpaired) electrons. The van der Waals surface area contributed by atoms with E-state index in [1.807, 2.05) is 11.9 Å². The summed E-state index contributed by atoms with van der Waals surface area (Å²) in [5, 5.41) is 12.2. The topological polar surface area (TPSA) is 55.8 Å². The number of piperazine rings is 1. The number of hydrogen-bond donors (Lipinski definition) is 2. The second-order valence-corrected chi connectivity index (χ2v) is 7.40. The number of carbonyl (C=O) groups excluding carboxylic acids is 1. The molecule has 0 saturated carbocycles. The Kier molecular flexibility index (Phi) is 6.14. The van der Waals surface area contributed by atoms with Crippen LogP contribution in [0.1, 0.15) is 27.0 Å². The van der Waals surface area contributed by atoms with Crippen LogP contribution in [0.25, 0.3) is 0 Å². The van der Waals surface area contributed by atoms with Gasteiger partial charge >= 0.3 is 6.18 Å². The van der Waals surface area contributed by atoms with Gasteiger partial charge in [0, 0.05) is 44.0 Å². The van der Waals surface area contributed by atoms with E-state index in [9.17, 15) is 23.1 Å². The molecule has 2 aromatic rings. The number of likely N-dealkylation sites (N-methyl/N-ethyl adjacent to an activating group) is 1. The zero-order chi connectivity index (χ0) is 21.2. The Morgan fingerprint density at radius 2 is 1.79 bits per heavy atom. The highest BCUT2D eigenvalue weighted by atomic mass is 19.4. The number of halogens is 3. The molecule has 3 rings (SSSR count). The van der Waals surface area contributed by atoms with E-state index in [1.54, 1.807) is 13.0 Å². The normalized spacial score (nSPS) is 16.0. The largest absolute Gasteiger partial charge is 0.508 e. The van der Waals surface area contributed by atoms with Crippen LogP contribution in [0.3, 0.4) is 0 Å². The number of aromatic hydroxyl groups is 1. The first-order valence-electron chi connectivity index (χ1n) is 9.35. The third-order valence-electron chi connectivity index (χ3n) is 5.13. The lowest BCUT2D eigenvalue weighted by Crippen LogP contribution is -2.44. The van der Waals surface area contributed by atoms with E-state index in [2.05, 4.69) is 10.2 Å². The van der Waals surface area contributed by atoms with Gasteiger partial charge in [-0.2, -0.15) is 13.2 Å². The predicted octanol–water partition coefficient (Wildman–Crippen LogP) is 3.72. The number of nitrogens with zero attached hydrogens (tertiary/aromatic N) is 2. The van der Waals surface area contributed by atoms with Gasteiger partial charge in [0.25, 0.3) is 5.91 Å². The van der Waals surface area contributed by atoms with Crippen molar-refractivity contribution in [2.24, 2.45) is 0 Å². The van der Waals surface area contributed by atoms with Crippen LogP contribution in [0.4, 0.5) is 18.9 Å². The molecule has 0 unspecified atom stereocenters. The summed E-state index contributed by atoms with van der Waals surface area (Å²) in [7, 11) is 1.99. The molecule has 2 aromatic carbocycles. The molecule has 0 bridgehead atoms. The van der Waals surface area contributed by atoms with E-state index in [0.29, 0.717) is 18.7 Å². The second-order valence-electron chi connectivity index (χ2n) is 7.40. The second kappa shape index (κ2) is 8.42. The maximum Gasteiger partial charge on any atom is 0.416 e. The number of amides is 1. The van der Waals surface area contributed by atoms with Crippen molar-refractivity contribution in [1.82, 2.24) is 9.80 Å². The molecule has 8 heteroatoms. The number of nitrogens with one attached hydrogen (secondary N) is 1. The fourth-order valence-corrected chi connectivity index (χ4v) is 3.26. The number of carbonyl (C=O) groups is 1. The van der Waals surface area contributed by atoms with Crippen LogP contribution in [0, 0.1) is 6.92 Å². The Bertz CT molecular complexity index is 891. The Balaban J connectivity index is 1.79. The highest BCUT2D eigenvalue weighted by molar-refractivity contribution is 6.04. The van der Waals surface area contributed by atoms with Crippen LogP contribution in [0.15, 0.2) is 36.4 Å². The SMILES string of the molecule is Cc1ccc(C(=O)Nc2ccc(CN3CCN(C)CC3)c(C(F)(F)F)c2)cc1O. The zero-order valence-corrected chi connectivity index (χ0v) is 16.4. The number of phenols is 1. The number of hydrogen-bond acceptors (Lipinski definition) is 4. The summed E-state index contributed by atoms with van der Waals surface area (Å²) in [6.45, 7) is 4.96. The smallest absolute Gasteiger partial charge is 0.416 e. The minimum atomic E-state index is -4.52. The van der Waals surface area contributed by atoms with Gasteiger partial charge in [0.2, 0.25) is 0 Å². The summed E-state index contributed by atoms with van der Waals surface area (Å²) in [5.41, 5.74) is 0.274. The molecule has 2 N–H and O–H groups in total. The average molecular weight is 407 g/mol. The van der Waals surface area contributed by atoms with Crippen LogP contribution in [-0.2, 0) is 12.7 Å². The molecule has 1 aliphatic heterocycles. The summed E-state index contributed by atoms with van der Waals surface area (Å²) in [6, 6.07) is 8.24. The minimum absolute atomic E-state index is 0.0452. The van der Waals surface area contributed by atoms with Crippen molar-refractivity contribution in [3.05, 3.63) is 58.7 Å². The van der Waals surface area contributed by atoms with Gasteiger partial charge in [-0.25, -0.2) is 0 Å². The van der Waals surface area contributed by atoms with Crippen molar-refractivity contribution in [1.29, 1.82) is 0 Å². The van der Waals surface area contributed by atoms with E-state index in [0.717, 1.165) is 19.2 Å². The van der Waals surface area contributed by atoms with Crippen LogP contribution >= 0.6 is 0 Å². The predicted molar refractivity (Wildman–Crippen MR) is 105 cm³/mol. The summed E-state index contributed by atoms with van der Waals surface area (Å²) in [4.78, 5) is 16.5. The van der Waals surface area contributed by atoms with Crippen molar-refractivity contribution in [2.75, 3.05) is 38.5 Å². The number of rotatable bonds is 4. The molecule has 0 aromatic heterocycles. The molecule has 0 atom stereocenters. The summed E-state index contributed by atoms with van der Waals surface area (Å²) >= 11 is 0. The van der Waals surface area contributed by atoms with Crippen molar-refractivity contribution in [2.45, 2.75) is 19.6 Å². The fraction of sp³-hybridized carbons (Fsp3) is 0.381. The zero-order valence-electron chi connectivity index (χ0n) is 16.4. The molecule has 0 spiro atoms. The molecule has 1 saturated heterocycles. The van der Waals surface area contributed by atoms with Crippen LogP contribution in [0.5, 0.6) is 5.75 Å². The molecule has 29 heavy (non-hydrogen) atoms. The molecule has 1 amide bonds. The van der Waals surface area contributed by atoms with Gasteiger partial charge in [0.1, 0.15) is 5.75 Å². The average Bonchev–Trinajstić information content (AvgIpc) is 2.66. The van der Waals surface area contributed by atoms with E-state index in [-0.39, 0.29) is 29.1 Å². The van der Waals surface area contributed by atoms with Gasteiger partial charge in [-0.05, 0) is 49.4 Å². The fourth-order valence-electron chi connectivity index (χ4n) is 3.26. The van der Waals surface area contributed by atoms with Crippen LogP contribution in [-0.4, -0.2) is 54.0 Å². The minimum Gasteiger partial charge on any atom is -0.508 e. The lowest BCUT2D eigenvalue weighted by atomic mass is 10.0. The van der Waals surface area contributed by atoms with Gasteiger partial charge < -0.3 is 15.3 Å². The third-order valence-corrected chi connectivity index (χ3v) is 5.13. The monoisotopic (exact) mass is 407 g/mol. The first kappa shape index (κ1) is 21.1. The van der Waals surface area contributed by atoms with E-state index >= 15 is 0 Å². The van der Waals surface area contributed by atoms with E-state index in [1.165, 1.54) is 24.3 Å². The molecule has 1 aliphatic rings. The number of alkyl halides is 3. The molecule has 1 fully saturated rings. The summed E-state index contributed by atoms with van der Waals surface area (Å²) < 4.78 is 40.9. The van der Waals surface area contributed by atoms with E-state index < -0.39 is 17.6 Å². The molecule has 156 valence electrons. The third kappa shape index (κ3) is 5.27. The Morgan fingerprint density at radius 3 is 2.41 bits per heavy atom. The Hall–Kier alpha value is -2.58. The number of phenolic OH excluding ortho intramolecular Hbond substituents is 1. The summed E-state index contributed by atoms with van der Waals surface area (Å²) in [6.07, 6.45) is -4.52. The first-order chi connectivity index (χ1) is 13.6. The maximum absolute atomic E-state index is 13.6. The van der Waals surface area contributed by atoms with Crippen LogP contribution < -0.4 is 5.32 Å². The molecular formula is C21H24F3N3O2. The molecular weight excluding hydrogens is 383 g/mol. The Morgan fingerprint density at radius 1 is 1.10 bits per heavy atom. The van der Waals surface area contributed by atoms with Gasteiger partial charge in [-0.3, -0.25) is 9.69 Å². The van der Waals surface area contributed by atoms with Gasteiger partial charge in [0.05, 0.1) is 5.56 Å². The van der Waals surface area contributed by atoms with Crippen LogP contribution in [0.2, 0.25) is 0 Å². The first-order valence-corrected chi connectivity index (χ1v) is 9.35. The molecule has 1 heterocycles. The number of anilines is 1. The van der Waals surface area contributed by atoms with Crippen molar-refractivity contribution in [3.8, 4) is 5.75 Å². The molecule has 0 aliphatic carbocycles. The summed E-state index contributed by atoms with van der Waals surface area (Å²) in [5.74, 6) is -0.628. The highest BCUT2D eigenvalue weighted by Crippen LogP contribution is 2.34. The standard InChI is InChI=1S/C21H24F3N3O2/c1-14-3-4-15(11-19(14)28)20(29)25-17-6-5-16(18(12-17)21(22,23)24)13-27-9-7-26(2)8-10-27/h3-6,11-12,28H,7-10,13H2,1-2H3,(H,25,29). The maximum atomic E-state index is 13.6. The number of aryl methyl sites for hydroxylation is 1. The van der Waals surface area contributed by atoms with Gasteiger partial charge in [0.15, 0.2) is 0 Å². The number of benzene rings is 2. The molecule has 5 nitrogen and oxygen atoms in total. The van der Waals surface area contributed by atoms with Crippen molar-refractivity contribution < 1.29 is 23.1 Å². The van der Waals surface area contributed by atoms with Gasteiger partial charge in [-0.1, -0.05) is 12.1 Å². The van der Waals surface area contributed by atoms with Crippen molar-refractivity contribution >= 4 is 11.6 Å². The lowest BCUT2D eigenvalue weighted by Gasteiger charge is -2.33. The van der Waals surface area contributed by atoms with Crippen molar-refractivity contribution in [3.63, 3.8) is 0 Å². The lowest BCUT2D eigenvalue weighted by molar-refractivity contribution is -0.138.